The van der Waals surface area contributed by atoms with Crippen molar-refractivity contribution in [3.63, 3.8) is 0 Å². The highest BCUT2D eigenvalue weighted by Crippen LogP contribution is 2.50. The largest absolute Gasteiger partial charge is 0.493 e. The lowest BCUT2D eigenvalue weighted by atomic mass is 9.95. The fraction of sp³-hybridized carbons (Fsp3) is 0.455. The number of carbonyl (C=O) groups excluding carboxylic acids is 2. The third-order valence-electron chi connectivity index (χ3n) is 8.03. The molecule has 0 unspecified atom stereocenters. The van der Waals surface area contributed by atoms with E-state index in [1.165, 1.54) is 6.92 Å². The van der Waals surface area contributed by atoms with E-state index >= 15 is 0 Å². The summed E-state index contributed by atoms with van der Waals surface area (Å²) < 4.78 is 17.1. The van der Waals surface area contributed by atoms with Crippen molar-refractivity contribution < 1.29 is 23.8 Å². The van der Waals surface area contributed by atoms with E-state index in [2.05, 4.69) is 20.9 Å². The van der Waals surface area contributed by atoms with Crippen molar-refractivity contribution >= 4 is 28.8 Å². The molecule has 1 heterocycles. The maximum absolute atomic E-state index is 13.8. The smallest absolute Gasteiger partial charge is 0.242 e. The first-order valence-electron chi connectivity index (χ1n) is 14.8. The van der Waals surface area contributed by atoms with Crippen LogP contribution in [0.2, 0.25) is 0 Å². The van der Waals surface area contributed by atoms with E-state index in [1.54, 1.807) is 44.8 Å². The molecule has 2 aromatic carbocycles. The zero-order chi connectivity index (χ0) is 32.0. The second-order valence-corrected chi connectivity index (χ2v) is 12.0. The molecule has 1 aliphatic rings. The Labute approximate surface area is 262 Å². The highest BCUT2D eigenvalue weighted by atomic mass is 32.1. The number of aryl methyl sites for hydroxylation is 2. The monoisotopic (exact) mass is 622 g/mol. The average Bonchev–Trinajstić information content (AvgIpc) is 3.28. The summed E-state index contributed by atoms with van der Waals surface area (Å²) in [5.74, 6) is 1.01. The van der Waals surface area contributed by atoms with Crippen LogP contribution in [0.25, 0.3) is 11.1 Å². The predicted octanol–water partition coefficient (Wildman–Crippen LogP) is 4.81. The second-order valence-electron chi connectivity index (χ2n) is 11.0. The highest BCUT2D eigenvalue weighted by molar-refractivity contribution is 7.09. The lowest BCUT2D eigenvalue weighted by molar-refractivity contribution is -0.123. The minimum Gasteiger partial charge on any atom is -0.493 e. The molecule has 0 fully saturated rings. The molecule has 1 aliphatic carbocycles. The third kappa shape index (κ3) is 7.15. The summed E-state index contributed by atoms with van der Waals surface area (Å²) >= 11 is 1.57. The number of nitrogens with zero attached hydrogens (tertiary/aromatic N) is 1. The lowest BCUT2D eigenvalue weighted by Crippen LogP contribution is -2.45. The van der Waals surface area contributed by atoms with E-state index in [1.807, 2.05) is 38.3 Å². The van der Waals surface area contributed by atoms with Crippen LogP contribution >= 0.6 is 11.3 Å². The Balaban J connectivity index is 1.77. The Morgan fingerprint density at radius 2 is 1.86 bits per heavy atom. The minimum absolute atomic E-state index is 0.0514. The molecule has 0 aliphatic heterocycles. The molecule has 0 radical (unpaired) electrons. The van der Waals surface area contributed by atoms with Gasteiger partial charge in [-0.25, -0.2) is 4.98 Å². The Bertz CT molecular complexity index is 1570. The van der Waals surface area contributed by atoms with E-state index < -0.39 is 12.1 Å². The molecule has 2 amide bonds. The van der Waals surface area contributed by atoms with Crippen molar-refractivity contribution in [2.75, 3.05) is 33.2 Å². The summed E-state index contributed by atoms with van der Waals surface area (Å²) in [6.07, 6.45) is 2.53. The molecule has 3 N–H and O–H groups in total. The summed E-state index contributed by atoms with van der Waals surface area (Å²) in [6, 6.07) is 5.97. The van der Waals surface area contributed by atoms with Crippen molar-refractivity contribution in [1.82, 2.24) is 15.6 Å². The van der Waals surface area contributed by atoms with Crippen LogP contribution in [0.5, 0.6) is 17.2 Å². The topological polar surface area (TPSA) is 128 Å². The minimum atomic E-state index is -0.634. The summed E-state index contributed by atoms with van der Waals surface area (Å²) in [7, 11) is 4.68. The number of benzene rings is 1. The zero-order valence-corrected chi connectivity index (χ0v) is 27.3. The first-order chi connectivity index (χ1) is 21.1. The van der Waals surface area contributed by atoms with Crippen molar-refractivity contribution in [1.29, 1.82) is 0 Å². The molecule has 0 saturated carbocycles. The Kier molecular flexibility index (Phi) is 10.9. The molecule has 11 heteroatoms. The number of amides is 2. The normalized spacial score (nSPS) is 15.1. The molecular formula is C33H42N4O6S. The number of rotatable bonds is 12. The Morgan fingerprint density at radius 1 is 1.11 bits per heavy atom. The summed E-state index contributed by atoms with van der Waals surface area (Å²) in [6.45, 7) is 7.85. The molecule has 1 aromatic heterocycles. The van der Waals surface area contributed by atoms with Gasteiger partial charge in [-0.2, -0.15) is 0 Å². The van der Waals surface area contributed by atoms with Crippen LogP contribution in [-0.4, -0.2) is 50.7 Å². The van der Waals surface area contributed by atoms with Crippen molar-refractivity contribution in [3.8, 4) is 28.4 Å². The van der Waals surface area contributed by atoms with E-state index in [4.69, 9.17) is 14.2 Å². The summed E-state index contributed by atoms with van der Waals surface area (Å²) in [5, 5.41) is 12.3. The molecule has 44 heavy (non-hydrogen) atoms. The van der Waals surface area contributed by atoms with Gasteiger partial charge in [0.05, 0.1) is 38.1 Å². The standard InChI is InChI=1S/C33H42N4O6S/c1-8-18(2)30(33(40)34-14-13-28-35-19(3)17-44-28)37-25-12-10-22-23(16-26(25)39)24(36-20(4)38)11-9-21-15-27(41-5)31(42-6)32(43-7)29(21)22/h10,12,15-18,24,30H,8-9,11,13-14H2,1-7H3,(H,34,40)(H,36,38)(H,37,39)/t18-,24+,30+/m0/s1. The number of hydrogen-bond donors (Lipinski definition) is 3. The van der Waals surface area contributed by atoms with Crippen LogP contribution in [0.3, 0.4) is 0 Å². The quantitative estimate of drug-likeness (QED) is 0.263. The Hall–Kier alpha value is -4.12. The van der Waals surface area contributed by atoms with Gasteiger partial charge < -0.3 is 30.2 Å². The number of anilines is 1. The average molecular weight is 623 g/mol. The fourth-order valence-electron chi connectivity index (χ4n) is 5.62. The SMILES string of the molecule is CC[C@H](C)[C@@H](Nc1ccc2c(cc1=O)[C@H](NC(C)=O)CCc1cc(OC)c(OC)c(OC)c1-2)C(=O)NCCc1nc(C)cs1. The van der Waals surface area contributed by atoms with Gasteiger partial charge in [0.15, 0.2) is 11.5 Å². The molecule has 3 atom stereocenters. The molecule has 0 spiro atoms. The van der Waals surface area contributed by atoms with E-state index in [0.717, 1.165) is 33.8 Å². The number of methoxy groups -OCH3 is 3. The second kappa shape index (κ2) is 14.6. The zero-order valence-electron chi connectivity index (χ0n) is 26.5. The van der Waals surface area contributed by atoms with Crippen molar-refractivity contribution in [2.45, 2.75) is 65.5 Å². The number of ether oxygens (including phenoxy) is 3. The van der Waals surface area contributed by atoms with E-state index in [0.29, 0.717) is 48.6 Å². The molecule has 0 saturated heterocycles. The molecular weight excluding hydrogens is 580 g/mol. The number of aromatic nitrogens is 1. The maximum atomic E-state index is 13.8. The number of thiazole rings is 1. The summed E-state index contributed by atoms with van der Waals surface area (Å²) in [5.41, 5.74) is 4.05. The van der Waals surface area contributed by atoms with E-state index in [9.17, 15) is 14.4 Å². The van der Waals surface area contributed by atoms with Crippen molar-refractivity contribution in [2.24, 2.45) is 5.92 Å². The van der Waals surface area contributed by atoms with Gasteiger partial charge >= 0.3 is 0 Å². The van der Waals surface area contributed by atoms with Gasteiger partial charge in [-0.15, -0.1) is 11.3 Å². The van der Waals surface area contributed by atoms with Crippen molar-refractivity contribution in [3.05, 3.63) is 61.7 Å². The van der Waals surface area contributed by atoms with Crippen LogP contribution in [0.1, 0.15) is 61.5 Å². The highest BCUT2D eigenvalue weighted by Gasteiger charge is 2.30. The van der Waals surface area contributed by atoms with Gasteiger partial charge in [-0.3, -0.25) is 14.4 Å². The molecule has 10 nitrogen and oxygen atoms in total. The number of hydrogen-bond acceptors (Lipinski definition) is 9. The van der Waals surface area contributed by atoms with Gasteiger partial charge in [0.1, 0.15) is 6.04 Å². The lowest BCUT2D eigenvalue weighted by Gasteiger charge is -2.24. The summed E-state index contributed by atoms with van der Waals surface area (Å²) in [4.78, 5) is 43.9. The first kappa shape index (κ1) is 32.8. The van der Waals surface area contributed by atoms with Crippen LogP contribution in [-0.2, 0) is 22.4 Å². The van der Waals surface area contributed by atoms with Crippen LogP contribution in [0.4, 0.5) is 5.69 Å². The third-order valence-corrected chi connectivity index (χ3v) is 9.05. The number of nitrogens with one attached hydrogen (secondary N) is 3. The molecule has 3 aromatic rings. The predicted molar refractivity (Wildman–Crippen MR) is 173 cm³/mol. The Morgan fingerprint density at radius 3 is 2.48 bits per heavy atom. The fourth-order valence-corrected chi connectivity index (χ4v) is 6.39. The maximum Gasteiger partial charge on any atom is 0.242 e. The molecule has 0 bridgehead atoms. The van der Waals surface area contributed by atoms with Crippen LogP contribution < -0.4 is 35.6 Å². The number of fused-ring (bicyclic) bond motifs is 3. The van der Waals surface area contributed by atoms with Gasteiger partial charge in [-0.1, -0.05) is 26.3 Å². The molecule has 4 rings (SSSR count). The van der Waals surface area contributed by atoms with Crippen LogP contribution in [0.15, 0.2) is 34.4 Å². The van der Waals surface area contributed by atoms with Gasteiger partial charge in [0.25, 0.3) is 0 Å². The van der Waals surface area contributed by atoms with Crippen LogP contribution in [0, 0.1) is 12.8 Å². The number of carbonyl (C=O) groups is 2. The first-order valence-corrected chi connectivity index (χ1v) is 15.7. The van der Waals surface area contributed by atoms with Gasteiger partial charge in [0.2, 0.25) is 23.0 Å². The van der Waals surface area contributed by atoms with E-state index in [-0.39, 0.29) is 28.8 Å². The molecule has 236 valence electrons. The van der Waals surface area contributed by atoms with Gasteiger partial charge in [0, 0.05) is 36.5 Å². The van der Waals surface area contributed by atoms with Gasteiger partial charge in [-0.05, 0) is 60.6 Å².